The minimum absolute atomic E-state index is 0.0561. The van der Waals surface area contributed by atoms with Crippen LogP contribution in [0, 0.1) is 10.1 Å². The third kappa shape index (κ3) is 4.93. The fourth-order valence-electron chi connectivity index (χ4n) is 1.62. The SMILES string of the molecule is CCC/C(=N/NC(=S)NCC)c1cccc([N+](=O)[O-])c1. The summed E-state index contributed by atoms with van der Waals surface area (Å²) < 4.78 is 0. The van der Waals surface area contributed by atoms with Gasteiger partial charge in [-0.05, 0) is 25.6 Å². The zero-order chi connectivity index (χ0) is 15.0. The maximum absolute atomic E-state index is 10.8. The molecule has 0 bridgehead atoms. The van der Waals surface area contributed by atoms with E-state index in [1.165, 1.54) is 12.1 Å². The highest BCUT2D eigenvalue weighted by Gasteiger charge is 2.09. The van der Waals surface area contributed by atoms with Crippen LogP contribution in [-0.4, -0.2) is 22.3 Å². The number of benzene rings is 1. The molecule has 0 unspecified atom stereocenters. The Morgan fingerprint density at radius 1 is 1.45 bits per heavy atom. The molecular formula is C13H18N4O2S. The summed E-state index contributed by atoms with van der Waals surface area (Å²) in [6.07, 6.45) is 1.60. The summed E-state index contributed by atoms with van der Waals surface area (Å²) in [5, 5.41) is 18.4. The van der Waals surface area contributed by atoms with Crippen molar-refractivity contribution in [1.82, 2.24) is 10.7 Å². The van der Waals surface area contributed by atoms with Gasteiger partial charge in [0.15, 0.2) is 5.11 Å². The van der Waals surface area contributed by atoms with Gasteiger partial charge in [0.05, 0.1) is 10.6 Å². The molecule has 0 saturated heterocycles. The molecular weight excluding hydrogens is 276 g/mol. The maximum atomic E-state index is 10.8. The molecule has 0 heterocycles. The van der Waals surface area contributed by atoms with Crippen LogP contribution in [0.15, 0.2) is 29.4 Å². The number of rotatable bonds is 6. The van der Waals surface area contributed by atoms with Gasteiger partial charge in [0.1, 0.15) is 0 Å². The van der Waals surface area contributed by atoms with Crippen LogP contribution in [-0.2, 0) is 0 Å². The van der Waals surface area contributed by atoms with E-state index in [1.54, 1.807) is 12.1 Å². The minimum atomic E-state index is -0.413. The first-order valence-electron chi connectivity index (χ1n) is 6.43. The second-order valence-corrected chi connectivity index (χ2v) is 4.50. The maximum Gasteiger partial charge on any atom is 0.270 e. The van der Waals surface area contributed by atoms with Gasteiger partial charge in [0.2, 0.25) is 0 Å². The number of nitrogens with zero attached hydrogens (tertiary/aromatic N) is 2. The fourth-order valence-corrected chi connectivity index (χ4v) is 1.81. The van der Waals surface area contributed by atoms with Crippen molar-refractivity contribution in [2.75, 3.05) is 6.54 Å². The summed E-state index contributed by atoms with van der Waals surface area (Å²) in [5.41, 5.74) is 4.29. The van der Waals surface area contributed by atoms with Gasteiger partial charge in [-0.2, -0.15) is 5.10 Å². The molecule has 0 radical (unpaired) electrons. The first-order valence-corrected chi connectivity index (χ1v) is 6.84. The van der Waals surface area contributed by atoms with Crippen molar-refractivity contribution in [1.29, 1.82) is 0 Å². The Hall–Kier alpha value is -2.02. The van der Waals surface area contributed by atoms with E-state index in [9.17, 15) is 10.1 Å². The number of hydrogen-bond acceptors (Lipinski definition) is 4. The van der Waals surface area contributed by atoms with E-state index >= 15 is 0 Å². The smallest absolute Gasteiger partial charge is 0.270 e. The molecule has 0 aliphatic rings. The van der Waals surface area contributed by atoms with Crippen molar-refractivity contribution in [3.8, 4) is 0 Å². The Bertz CT molecular complexity index is 517. The lowest BCUT2D eigenvalue weighted by Gasteiger charge is -2.08. The van der Waals surface area contributed by atoms with Crippen LogP contribution in [0.5, 0.6) is 0 Å². The summed E-state index contributed by atoms with van der Waals surface area (Å²) in [4.78, 5) is 10.4. The third-order valence-corrected chi connectivity index (χ3v) is 2.74. The summed E-state index contributed by atoms with van der Waals surface area (Å²) in [5.74, 6) is 0. The van der Waals surface area contributed by atoms with Gasteiger partial charge >= 0.3 is 0 Å². The van der Waals surface area contributed by atoms with Crippen LogP contribution >= 0.6 is 12.2 Å². The summed E-state index contributed by atoms with van der Waals surface area (Å²) in [6.45, 7) is 4.67. The monoisotopic (exact) mass is 294 g/mol. The van der Waals surface area contributed by atoms with Crippen LogP contribution in [0.4, 0.5) is 5.69 Å². The summed E-state index contributed by atoms with van der Waals surface area (Å²) in [7, 11) is 0. The van der Waals surface area contributed by atoms with Crippen molar-refractivity contribution in [3.63, 3.8) is 0 Å². The average Bonchev–Trinajstić information content (AvgIpc) is 2.44. The molecule has 0 aliphatic carbocycles. The van der Waals surface area contributed by atoms with Gasteiger partial charge in [0, 0.05) is 24.2 Å². The highest BCUT2D eigenvalue weighted by molar-refractivity contribution is 7.80. The Morgan fingerprint density at radius 3 is 2.80 bits per heavy atom. The minimum Gasteiger partial charge on any atom is -0.362 e. The fraction of sp³-hybridized carbons (Fsp3) is 0.385. The van der Waals surface area contributed by atoms with E-state index in [0.29, 0.717) is 18.1 Å². The Morgan fingerprint density at radius 2 is 2.20 bits per heavy atom. The lowest BCUT2D eigenvalue weighted by Crippen LogP contribution is -2.32. The van der Waals surface area contributed by atoms with Crippen LogP contribution in [0.2, 0.25) is 0 Å². The van der Waals surface area contributed by atoms with E-state index in [4.69, 9.17) is 12.2 Å². The second-order valence-electron chi connectivity index (χ2n) is 4.09. The topological polar surface area (TPSA) is 79.6 Å². The van der Waals surface area contributed by atoms with Crippen LogP contribution < -0.4 is 10.7 Å². The van der Waals surface area contributed by atoms with Crippen LogP contribution in [0.1, 0.15) is 32.3 Å². The first-order chi connectivity index (χ1) is 9.58. The van der Waals surface area contributed by atoms with Crippen LogP contribution in [0.3, 0.4) is 0 Å². The molecule has 0 atom stereocenters. The molecule has 2 N–H and O–H groups in total. The number of hydrazone groups is 1. The van der Waals surface area contributed by atoms with Crippen molar-refractivity contribution in [2.45, 2.75) is 26.7 Å². The largest absolute Gasteiger partial charge is 0.362 e. The molecule has 1 rings (SSSR count). The standard InChI is InChI=1S/C13H18N4O2S/c1-3-6-12(15-16-13(20)14-4-2)10-7-5-8-11(9-10)17(18)19/h5,7-9H,3-4,6H2,1-2H3,(H2,14,16,20)/b15-12-. The average molecular weight is 294 g/mol. The predicted molar refractivity (Wildman–Crippen MR) is 84.0 cm³/mol. The normalized spacial score (nSPS) is 11.0. The molecule has 108 valence electrons. The van der Waals surface area contributed by atoms with Gasteiger partial charge in [-0.25, -0.2) is 0 Å². The first kappa shape index (κ1) is 16.0. The Kier molecular flexibility index (Phi) is 6.58. The number of nitro groups is 1. The Labute approximate surface area is 123 Å². The van der Waals surface area contributed by atoms with Gasteiger partial charge in [-0.1, -0.05) is 25.5 Å². The van der Waals surface area contributed by atoms with Crippen molar-refractivity contribution < 1.29 is 4.92 Å². The molecule has 0 amide bonds. The lowest BCUT2D eigenvalue weighted by atomic mass is 10.1. The summed E-state index contributed by atoms with van der Waals surface area (Å²) in [6, 6.07) is 6.44. The molecule has 0 aliphatic heterocycles. The second kappa shape index (κ2) is 8.21. The molecule has 1 aromatic carbocycles. The molecule has 6 nitrogen and oxygen atoms in total. The number of thiocarbonyl (C=S) groups is 1. The van der Waals surface area contributed by atoms with Crippen molar-refractivity contribution in [3.05, 3.63) is 39.9 Å². The number of non-ortho nitro benzene ring substituents is 1. The van der Waals surface area contributed by atoms with Gasteiger partial charge in [-0.15, -0.1) is 0 Å². The van der Waals surface area contributed by atoms with E-state index < -0.39 is 4.92 Å². The van der Waals surface area contributed by atoms with E-state index in [1.807, 2.05) is 13.8 Å². The zero-order valence-corrected chi connectivity index (χ0v) is 12.4. The van der Waals surface area contributed by atoms with E-state index in [-0.39, 0.29) is 5.69 Å². The van der Waals surface area contributed by atoms with Crippen LogP contribution in [0.25, 0.3) is 0 Å². The molecule has 0 spiro atoms. The third-order valence-electron chi connectivity index (χ3n) is 2.51. The van der Waals surface area contributed by atoms with Gasteiger partial charge < -0.3 is 5.32 Å². The van der Waals surface area contributed by atoms with Gasteiger partial charge in [-0.3, -0.25) is 15.5 Å². The van der Waals surface area contributed by atoms with Gasteiger partial charge in [0.25, 0.3) is 5.69 Å². The molecule has 7 heteroatoms. The number of hydrogen-bond donors (Lipinski definition) is 2. The van der Waals surface area contributed by atoms with Crippen molar-refractivity contribution >= 4 is 28.7 Å². The van der Waals surface area contributed by atoms with E-state index in [0.717, 1.165) is 17.7 Å². The highest BCUT2D eigenvalue weighted by Crippen LogP contribution is 2.15. The quantitative estimate of drug-likeness (QED) is 0.365. The van der Waals surface area contributed by atoms with Crippen molar-refractivity contribution in [2.24, 2.45) is 5.10 Å². The molecule has 20 heavy (non-hydrogen) atoms. The highest BCUT2D eigenvalue weighted by atomic mass is 32.1. The number of nitrogens with one attached hydrogen (secondary N) is 2. The molecule has 0 saturated carbocycles. The Balaban J connectivity index is 2.95. The zero-order valence-electron chi connectivity index (χ0n) is 11.5. The molecule has 0 fully saturated rings. The van der Waals surface area contributed by atoms with E-state index in [2.05, 4.69) is 15.8 Å². The summed E-state index contributed by atoms with van der Waals surface area (Å²) >= 11 is 5.04. The lowest BCUT2D eigenvalue weighted by molar-refractivity contribution is -0.384. The number of nitro benzene ring substituents is 1. The predicted octanol–water partition coefficient (Wildman–Crippen LogP) is 2.58. The molecule has 1 aromatic rings. The molecule has 0 aromatic heterocycles.